The zero-order valence-electron chi connectivity index (χ0n) is 18.1. The number of rotatable bonds is 5. The maximum absolute atomic E-state index is 8.24. The molecular weight excluding hydrogens is 519 g/mol. The number of hydrogen-bond donors (Lipinski definition) is 5. The number of nitrogens with zero attached hydrogens (tertiary/aromatic N) is 2. The van der Waals surface area contributed by atoms with Crippen LogP contribution in [0.15, 0.2) is 75.7 Å². The molecular formula is C23H18CoN4O8-6. The van der Waals surface area contributed by atoms with Crippen molar-refractivity contribution in [2.24, 2.45) is 9.98 Å². The molecule has 2 aliphatic rings. The molecule has 0 amide bonds. The van der Waals surface area contributed by atoms with Crippen molar-refractivity contribution in [1.82, 2.24) is 4.98 Å². The molecule has 0 aliphatic carbocycles. The van der Waals surface area contributed by atoms with Crippen LogP contribution in [0.25, 0.3) is 17.9 Å². The molecule has 0 saturated heterocycles. The van der Waals surface area contributed by atoms with Gasteiger partial charge in [0, 0.05) is 0 Å². The summed E-state index contributed by atoms with van der Waals surface area (Å²) in [6, 6.07) is 3.82. The molecule has 0 spiro atoms. The Kier molecular flexibility index (Phi) is 20.3. The van der Waals surface area contributed by atoms with E-state index in [-0.39, 0.29) is 5.70 Å². The number of aromatic nitrogens is 1. The number of aliphatic hydroxyl groups excluding tert-OH is 4. The van der Waals surface area contributed by atoms with Crippen LogP contribution < -0.4 is 0 Å². The topological polar surface area (TPSA) is 214 Å². The van der Waals surface area contributed by atoms with E-state index in [0.29, 0.717) is 25.9 Å². The second-order valence-corrected chi connectivity index (χ2v) is 5.78. The van der Waals surface area contributed by atoms with Crippen LogP contribution in [-0.2, 0) is 34.5 Å². The minimum atomic E-state index is 0.256. The van der Waals surface area contributed by atoms with Gasteiger partial charge in [0.2, 0.25) is 0 Å². The summed E-state index contributed by atoms with van der Waals surface area (Å²) in [5.41, 5.74) is 12.9. The van der Waals surface area contributed by atoms with Crippen LogP contribution in [0, 0.1) is 6.58 Å². The van der Waals surface area contributed by atoms with Crippen LogP contribution in [-0.4, -0.2) is 67.7 Å². The molecule has 0 bridgehead atoms. The average molecular weight is 537 g/mol. The zero-order chi connectivity index (χ0) is 27.8. The Bertz CT molecular complexity index is 1090. The van der Waals surface area contributed by atoms with Crippen molar-refractivity contribution in [3.05, 3.63) is 89.4 Å². The molecule has 0 atom stereocenters. The fourth-order valence-electron chi connectivity index (χ4n) is 2.21. The molecule has 3 rings (SSSR count). The van der Waals surface area contributed by atoms with Gasteiger partial charge in [0.05, 0.1) is 0 Å². The summed E-state index contributed by atoms with van der Waals surface area (Å²) in [4.78, 5) is 46.7. The number of aliphatic imine (C=N–C) groups is 2. The molecule has 0 unspecified atom stereocenters. The summed E-state index contributed by atoms with van der Waals surface area (Å²) in [5, 5.41) is 27.1. The molecule has 193 valence electrons. The third-order valence-corrected chi connectivity index (χ3v) is 3.59. The van der Waals surface area contributed by atoms with Crippen molar-refractivity contribution in [1.29, 1.82) is 0 Å². The third kappa shape index (κ3) is 15.8. The normalized spacial score (nSPS) is 14.6. The summed E-state index contributed by atoms with van der Waals surface area (Å²) in [7, 11) is 0. The Morgan fingerprint density at radius 2 is 1.28 bits per heavy atom. The molecule has 3 heterocycles. The van der Waals surface area contributed by atoms with Crippen molar-refractivity contribution in [3.8, 4) is 0 Å². The maximum atomic E-state index is 8.24. The minimum absolute atomic E-state index is 0.256. The quantitative estimate of drug-likeness (QED) is 0.277. The Labute approximate surface area is 213 Å². The first-order valence-corrected chi connectivity index (χ1v) is 9.52. The van der Waals surface area contributed by atoms with E-state index in [1.807, 2.05) is 48.6 Å². The van der Waals surface area contributed by atoms with E-state index in [0.717, 1.165) is 34.2 Å². The average Bonchev–Trinajstić information content (AvgIpc) is 3.58. The second kappa shape index (κ2) is 21.9. The van der Waals surface area contributed by atoms with E-state index in [4.69, 9.17) is 51.9 Å². The molecule has 1 aromatic heterocycles. The number of aromatic amines is 1. The van der Waals surface area contributed by atoms with E-state index in [9.17, 15) is 0 Å². The summed E-state index contributed by atoms with van der Waals surface area (Å²) in [6.07, 6.45) is 14.5. The molecule has 0 saturated carbocycles. The van der Waals surface area contributed by atoms with Crippen molar-refractivity contribution < 1.29 is 54.9 Å². The third-order valence-electron chi connectivity index (χ3n) is 3.29. The standard InChI is InChI=1S/C19H14N4.4CHO2.Co/c1-3-14(20)10-15-6-7-18(22-15)12-19-9-8-17(23-19)11-16-5-4-13(2)21-16;4*2-1-3;/h1-12,20,22H;4*(H,2,3);/q-2;4*-1;. The van der Waals surface area contributed by atoms with Gasteiger partial charge in [-0.2, -0.15) is 0 Å². The van der Waals surface area contributed by atoms with Gasteiger partial charge in [-0.05, 0) is 0 Å². The molecule has 0 fully saturated rings. The first-order chi connectivity index (χ1) is 17.3. The van der Waals surface area contributed by atoms with Gasteiger partial charge in [-0.3, -0.25) is 12.7 Å². The molecule has 1 aromatic rings. The Morgan fingerprint density at radius 1 is 0.833 bits per heavy atom. The zero-order valence-corrected chi connectivity index (χ0v) is 19.1. The van der Waals surface area contributed by atoms with E-state index >= 15 is 0 Å². The summed E-state index contributed by atoms with van der Waals surface area (Å²) in [5.74, 6) is 0. The number of nitrogens with one attached hydrogen (secondary N) is 2. The first-order valence-electron chi connectivity index (χ1n) is 8.92. The van der Waals surface area contributed by atoms with Gasteiger partial charge in [0.1, 0.15) is 0 Å². The number of H-pyrrole nitrogens is 1. The van der Waals surface area contributed by atoms with Crippen molar-refractivity contribution >= 4 is 54.4 Å². The molecule has 12 nitrogen and oxygen atoms in total. The van der Waals surface area contributed by atoms with Gasteiger partial charge >= 0.3 is 118 Å². The van der Waals surface area contributed by atoms with Crippen LogP contribution in [0.2, 0.25) is 0 Å². The van der Waals surface area contributed by atoms with Crippen molar-refractivity contribution in [3.63, 3.8) is 0 Å². The molecule has 13 heteroatoms. The van der Waals surface area contributed by atoms with E-state index in [2.05, 4.69) is 30.3 Å². The second-order valence-electron chi connectivity index (χ2n) is 5.48. The van der Waals surface area contributed by atoms with Crippen molar-refractivity contribution in [2.45, 2.75) is 0 Å². The molecule has 6 N–H and O–H groups in total. The van der Waals surface area contributed by atoms with E-state index < -0.39 is 0 Å². The van der Waals surface area contributed by atoms with Crippen LogP contribution in [0.1, 0.15) is 11.4 Å². The molecule has 0 aromatic carbocycles. The van der Waals surface area contributed by atoms with Gasteiger partial charge in [0.15, 0.2) is 0 Å². The van der Waals surface area contributed by atoms with Crippen molar-refractivity contribution in [2.75, 3.05) is 0 Å². The van der Waals surface area contributed by atoms with Gasteiger partial charge in [0.25, 0.3) is 0 Å². The van der Waals surface area contributed by atoms with Crippen LogP contribution in [0.4, 0.5) is 0 Å². The van der Waals surface area contributed by atoms with Gasteiger partial charge in [-0.15, -0.1) is 6.08 Å². The van der Waals surface area contributed by atoms with Crippen LogP contribution in [0.5, 0.6) is 0 Å². The molecule has 0 radical (unpaired) electrons. The Morgan fingerprint density at radius 3 is 1.75 bits per heavy atom. The fraction of sp³-hybridized carbons (Fsp3) is 0. The summed E-state index contributed by atoms with van der Waals surface area (Å²) in [6.45, 7) is 7.30. The van der Waals surface area contributed by atoms with Gasteiger partial charge in [-0.25, -0.2) is 0 Å². The van der Waals surface area contributed by atoms with Crippen LogP contribution >= 0.6 is 0 Å². The Hall–Kier alpha value is -4.88. The van der Waals surface area contributed by atoms with E-state index in [1.54, 1.807) is 11.0 Å². The molecule has 2 aliphatic heterocycles. The number of allylic oxidation sites excluding steroid dienone is 6. The van der Waals surface area contributed by atoms with Gasteiger partial charge < -0.3 is 51.0 Å². The monoisotopic (exact) mass is 537 g/mol. The predicted octanol–water partition coefficient (Wildman–Crippen LogP) is 2.44. The van der Waals surface area contributed by atoms with Crippen LogP contribution in [0.3, 0.4) is 0 Å². The first kappa shape index (κ1) is 33.3. The summed E-state index contributed by atoms with van der Waals surface area (Å²) < 4.78 is 0. The van der Waals surface area contributed by atoms with Gasteiger partial charge in [-0.1, -0.05) is 25.9 Å². The SMILES string of the molecule is O=[C-]O.O=[C-]O.O=[C-]O.O=[C-]O.[CH-]=CC([NH-])=Cc1ccc(C=C2C=CC(C=C3C=CC([CH]=[Co])=N3)=N2)[nH]1. The van der Waals surface area contributed by atoms with E-state index in [1.165, 1.54) is 6.08 Å². The fourth-order valence-corrected chi connectivity index (χ4v) is 2.38. The molecule has 36 heavy (non-hydrogen) atoms. The number of hydrogen-bond acceptors (Lipinski definition) is 6. The Balaban J connectivity index is 0. The predicted molar refractivity (Wildman–Crippen MR) is 131 cm³/mol. The summed E-state index contributed by atoms with van der Waals surface area (Å²) >= 11 is 4.14.